The molecule has 0 aromatic heterocycles. The maximum atomic E-state index is 14.1. The van der Waals surface area contributed by atoms with E-state index in [2.05, 4.69) is 5.32 Å². The van der Waals surface area contributed by atoms with E-state index in [1.54, 1.807) is 40.7 Å². The highest BCUT2D eigenvalue weighted by Gasteiger charge is 2.53. The topological polar surface area (TPSA) is 213 Å². The summed E-state index contributed by atoms with van der Waals surface area (Å²) in [6, 6.07) is 0. The van der Waals surface area contributed by atoms with Gasteiger partial charge in [-0.2, -0.15) is 0 Å². The zero-order valence-electron chi connectivity index (χ0n) is 31.8. The molecule has 3 heterocycles. The summed E-state index contributed by atoms with van der Waals surface area (Å²) in [5.74, 6) is -9.88. The van der Waals surface area contributed by atoms with Crippen LogP contribution in [-0.4, -0.2) is 89.7 Å². The van der Waals surface area contributed by atoms with Gasteiger partial charge in [0.15, 0.2) is 0 Å². The van der Waals surface area contributed by atoms with E-state index in [4.69, 9.17) is 28.4 Å². The van der Waals surface area contributed by atoms with Crippen molar-refractivity contribution in [2.45, 2.75) is 85.6 Å². The number of Topliss-reactive ketones (excluding diaryl/α,β-unsaturated/α-hetero) is 1. The van der Waals surface area contributed by atoms with Gasteiger partial charge >= 0.3 is 17.9 Å². The number of nitrogens with one attached hydrogen (secondary N) is 1. The number of methoxy groups -OCH3 is 1. The molecule has 1 spiro atoms. The van der Waals surface area contributed by atoms with Gasteiger partial charge in [-0.1, -0.05) is 45.9 Å². The van der Waals surface area contributed by atoms with Gasteiger partial charge in [-0.25, -0.2) is 9.59 Å². The van der Waals surface area contributed by atoms with Crippen LogP contribution < -0.4 is 10.1 Å². The summed E-state index contributed by atoms with van der Waals surface area (Å²) in [4.78, 5) is 66.4. The first-order chi connectivity index (χ1) is 25.4. The van der Waals surface area contributed by atoms with Crippen molar-refractivity contribution >= 4 is 29.6 Å². The molecule has 9 atom stereocenters. The van der Waals surface area contributed by atoms with Crippen LogP contribution in [0.25, 0.3) is 0 Å². The lowest BCUT2D eigenvalue weighted by atomic mass is 9.78. The third-order valence-corrected chi connectivity index (χ3v) is 10.1. The number of phenolic OH excluding ortho intramolecular Hbond substituents is 1. The number of carbonyl (C=O) groups is 5. The molecule has 54 heavy (non-hydrogen) atoms. The first-order valence-corrected chi connectivity index (χ1v) is 17.7. The molecule has 1 unspecified atom stereocenters. The highest BCUT2D eigenvalue weighted by atomic mass is 16.8. The molecule has 0 saturated carbocycles. The summed E-state index contributed by atoms with van der Waals surface area (Å²) >= 11 is 0. The highest BCUT2D eigenvalue weighted by Crippen LogP contribution is 2.50. The van der Waals surface area contributed by atoms with Crippen LogP contribution in [0.15, 0.2) is 47.9 Å². The van der Waals surface area contributed by atoms with Gasteiger partial charge < -0.3 is 49.1 Å². The second-order valence-electron chi connectivity index (χ2n) is 13.8. The van der Waals surface area contributed by atoms with E-state index in [1.165, 1.54) is 46.1 Å². The van der Waals surface area contributed by atoms with E-state index in [0.717, 1.165) is 12.3 Å². The summed E-state index contributed by atoms with van der Waals surface area (Å²) in [5.41, 5.74) is -1.56. The molecule has 1 saturated heterocycles. The lowest BCUT2D eigenvalue weighted by Gasteiger charge is -2.38. The summed E-state index contributed by atoms with van der Waals surface area (Å²) in [6.07, 6.45) is 4.05. The molecule has 0 radical (unpaired) electrons. The predicted molar refractivity (Wildman–Crippen MR) is 191 cm³/mol. The smallest absolute Gasteiger partial charge is 0.347 e. The standard InChI is InChI=1S/C39H49NO14/c1-10-50-36-23(7)33(45)28-30-29(36)38(48)51-15-14-26(49-9)20(4)35(53-24(8)41)22(6)32(44)21(5)31(43)18(2)12-11-13-19(3)37(47)40-25(34(28)46)16-39(30)52-17-27(42)54-39/h11-16,18,20-22,26,31-32,35,43-45H,10,17H2,1-9H3,(H,40,47)/b12-11+,15-14+,19-13-/t18-,20-,21+,22+,26-,31-,32+,35+,39?/m0/s1. The number of aromatic hydroxyl groups is 1. The maximum Gasteiger partial charge on any atom is 0.347 e. The first kappa shape index (κ1) is 41.9. The molecule has 4 bridgehead atoms. The Labute approximate surface area is 313 Å². The van der Waals surface area contributed by atoms with Crippen LogP contribution in [0.2, 0.25) is 0 Å². The van der Waals surface area contributed by atoms with E-state index >= 15 is 0 Å². The SMILES string of the molecule is CCOc1c(C)c(O)c2c3c1C(=O)O/C=C/[C@H](OC)[C@H](C)[C@@H](OC(C)=O)[C@H](C)[C@H](O)[C@H](C)[C@@H](O)[C@@H](C)/C=C/C=C(/C)C(=O)NC(=CC31OCC(=O)O1)C2=O. The average molecular weight is 756 g/mol. The van der Waals surface area contributed by atoms with E-state index < -0.39 is 113 Å². The summed E-state index contributed by atoms with van der Waals surface area (Å²) in [6.45, 7) is 11.9. The Balaban J connectivity index is 1.95. The maximum absolute atomic E-state index is 14.1. The number of allylic oxidation sites excluding steroid dienone is 3. The largest absolute Gasteiger partial charge is 0.507 e. The minimum atomic E-state index is -2.27. The van der Waals surface area contributed by atoms with E-state index in [9.17, 15) is 39.3 Å². The van der Waals surface area contributed by atoms with Crippen molar-refractivity contribution in [1.29, 1.82) is 0 Å². The van der Waals surface area contributed by atoms with Crippen LogP contribution >= 0.6 is 0 Å². The monoisotopic (exact) mass is 755 g/mol. The lowest BCUT2D eigenvalue weighted by Crippen LogP contribution is -2.46. The molecule has 4 N–H and O–H groups in total. The number of rotatable bonds is 4. The number of esters is 3. The molecule has 294 valence electrons. The van der Waals surface area contributed by atoms with Gasteiger partial charge in [0.1, 0.15) is 29.8 Å². The number of aliphatic hydroxyl groups excluding tert-OH is 2. The zero-order valence-corrected chi connectivity index (χ0v) is 31.8. The number of carbonyl (C=O) groups excluding carboxylic acids is 5. The normalized spacial score (nSPS) is 33.2. The number of fused-ring (bicyclic) bond motifs is 14. The molecule has 15 heteroatoms. The number of hydrogen-bond donors (Lipinski definition) is 4. The van der Waals surface area contributed by atoms with Gasteiger partial charge in [0, 0.05) is 54.9 Å². The highest BCUT2D eigenvalue weighted by molar-refractivity contribution is 6.17. The summed E-state index contributed by atoms with van der Waals surface area (Å²) in [5, 5.41) is 36.6. The molecule has 4 aliphatic rings. The Hall–Kier alpha value is -4.83. The second kappa shape index (κ2) is 17.1. The van der Waals surface area contributed by atoms with Crippen LogP contribution in [0.3, 0.4) is 0 Å². The fourth-order valence-electron chi connectivity index (χ4n) is 6.99. The van der Waals surface area contributed by atoms with Crippen LogP contribution in [-0.2, 0) is 43.9 Å². The molecule has 15 nitrogen and oxygen atoms in total. The Morgan fingerprint density at radius 3 is 2.28 bits per heavy atom. The van der Waals surface area contributed by atoms with Crippen LogP contribution in [0.4, 0.5) is 0 Å². The number of phenols is 1. The fraction of sp³-hybridized carbons (Fsp3) is 0.513. The first-order valence-electron chi connectivity index (χ1n) is 17.7. The quantitative estimate of drug-likeness (QED) is 0.256. The number of benzene rings is 1. The van der Waals surface area contributed by atoms with Gasteiger partial charge in [0.05, 0.1) is 48.0 Å². The Morgan fingerprint density at radius 1 is 1.00 bits per heavy atom. The number of ether oxygens (including phenoxy) is 6. The summed E-state index contributed by atoms with van der Waals surface area (Å²) in [7, 11) is 1.39. The van der Waals surface area contributed by atoms with E-state index in [1.807, 2.05) is 0 Å². The molecular weight excluding hydrogens is 706 g/mol. The number of hydrogen-bond acceptors (Lipinski definition) is 14. The lowest BCUT2D eigenvalue weighted by molar-refractivity contribution is -0.161. The number of aliphatic hydroxyl groups is 2. The van der Waals surface area contributed by atoms with Crippen LogP contribution in [0.1, 0.15) is 80.3 Å². The van der Waals surface area contributed by atoms with Gasteiger partial charge in [-0.3, -0.25) is 14.4 Å². The van der Waals surface area contributed by atoms with Gasteiger partial charge in [-0.05, 0) is 26.8 Å². The Kier molecular flexibility index (Phi) is 13.3. The minimum absolute atomic E-state index is 0.00718. The Bertz CT molecular complexity index is 1790. The number of amides is 1. The van der Waals surface area contributed by atoms with Crippen LogP contribution in [0.5, 0.6) is 11.5 Å². The molecule has 1 amide bonds. The molecule has 3 aliphatic heterocycles. The van der Waals surface area contributed by atoms with Gasteiger partial charge in [0.2, 0.25) is 5.78 Å². The second-order valence-corrected chi connectivity index (χ2v) is 13.8. The van der Waals surface area contributed by atoms with E-state index in [-0.39, 0.29) is 29.1 Å². The van der Waals surface area contributed by atoms with Crippen molar-refractivity contribution in [1.82, 2.24) is 5.32 Å². The molecule has 5 rings (SSSR count). The molecule has 1 fully saturated rings. The van der Waals surface area contributed by atoms with Crippen molar-refractivity contribution < 1.29 is 67.7 Å². The minimum Gasteiger partial charge on any atom is -0.507 e. The molecule has 1 aromatic carbocycles. The average Bonchev–Trinajstić information content (AvgIpc) is 3.50. The van der Waals surface area contributed by atoms with Crippen molar-refractivity contribution in [3.63, 3.8) is 0 Å². The zero-order chi connectivity index (χ0) is 40.2. The number of ketones is 1. The summed E-state index contributed by atoms with van der Waals surface area (Å²) < 4.78 is 34.1. The third-order valence-electron chi connectivity index (χ3n) is 10.1. The predicted octanol–water partition coefficient (Wildman–Crippen LogP) is 3.42. The molecule has 1 aromatic rings. The van der Waals surface area contributed by atoms with Gasteiger partial charge in [0.25, 0.3) is 11.7 Å². The van der Waals surface area contributed by atoms with Gasteiger partial charge in [-0.15, -0.1) is 0 Å². The van der Waals surface area contributed by atoms with Crippen molar-refractivity contribution in [2.75, 3.05) is 20.3 Å². The fourth-order valence-corrected chi connectivity index (χ4v) is 6.99. The van der Waals surface area contributed by atoms with Crippen molar-refractivity contribution in [3.05, 3.63) is 70.2 Å². The molecule has 1 aliphatic carbocycles. The van der Waals surface area contributed by atoms with Crippen molar-refractivity contribution in [3.8, 4) is 11.5 Å². The third kappa shape index (κ3) is 8.28. The van der Waals surface area contributed by atoms with Crippen LogP contribution in [0, 0.1) is 30.6 Å². The Morgan fingerprint density at radius 2 is 1.69 bits per heavy atom. The van der Waals surface area contributed by atoms with Crippen molar-refractivity contribution in [2.24, 2.45) is 23.7 Å². The molecular formula is C39H49NO14. The van der Waals surface area contributed by atoms with E-state index in [0.29, 0.717) is 0 Å².